The van der Waals surface area contributed by atoms with Gasteiger partial charge in [-0.05, 0) is 6.07 Å². The zero-order valence-electron chi connectivity index (χ0n) is 12.1. The largest absolute Gasteiger partial charge is 0.481 e. The topological polar surface area (TPSA) is 90.2 Å². The van der Waals surface area contributed by atoms with Crippen molar-refractivity contribution in [3.05, 3.63) is 24.4 Å². The van der Waals surface area contributed by atoms with E-state index < -0.39 is 10.0 Å². The number of hydrogen-bond acceptors (Lipinski definition) is 6. The van der Waals surface area contributed by atoms with Gasteiger partial charge in [-0.15, -0.1) is 5.10 Å². The number of hydrogen-bond donors (Lipinski definition) is 0. The average molecular weight is 311 g/mol. The van der Waals surface area contributed by atoms with Crippen molar-refractivity contribution < 1.29 is 13.2 Å². The summed E-state index contributed by atoms with van der Waals surface area (Å²) < 4.78 is 31.1. The first-order valence-corrected chi connectivity index (χ1v) is 7.85. The summed E-state index contributed by atoms with van der Waals surface area (Å²) in [6.07, 6.45) is 1.66. The first-order valence-electron chi connectivity index (χ1n) is 6.24. The highest BCUT2D eigenvalue weighted by molar-refractivity contribution is 7.89. The molecule has 0 N–H and O–H groups in total. The predicted octanol–water partition coefficient (Wildman–Crippen LogP) is 0.240. The lowest BCUT2D eigenvalue weighted by Gasteiger charge is -2.10. The number of nitrogens with zero attached hydrogens (tertiary/aromatic N) is 5. The number of aryl methyl sites for hydroxylation is 1. The van der Waals surface area contributed by atoms with Crippen LogP contribution in [0.4, 0.5) is 0 Å². The lowest BCUT2D eigenvalue weighted by molar-refractivity contribution is 0.398. The van der Waals surface area contributed by atoms with Gasteiger partial charge < -0.3 is 4.74 Å². The van der Waals surface area contributed by atoms with Crippen LogP contribution in [0.5, 0.6) is 5.88 Å². The molecule has 0 saturated carbocycles. The van der Waals surface area contributed by atoms with Crippen molar-refractivity contribution in [2.75, 3.05) is 27.0 Å². The van der Waals surface area contributed by atoms with Crippen LogP contribution in [0.2, 0.25) is 0 Å². The van der Waals surface area contributed by atoms with Crippen LogP contribution in [-0.4, -0.2) is 59.7 Å². The fraction of sp³-hybridized carbons (Fsp3) is 0.417. The molecule has 0 aromatic carbocycles. The molecule has 2 rings (SSSR count). The van der Waals surface area contributed by atoms with Crippen LogP contribution < -0.4 is 4.74 Å². The van der Waals surface area contributed by atoms with Gasteiger partial charge in [-0.1, -0.05) is 11.3 Å². The maximum Gasteiger partial charge on any atom is 0.215 e. The predicted molar refractivity (Wildman–Crippen MR) is 77.3 cm³/mol. The van der Waals surface area contributed by atoms with Crippen LogP contribution >= 0.6 is 0 Å². The molecule has 0 aliphatic rings. The average Bonchev–Trinajstić information content (AvgIpc) is 2.94. The van der Waals surface area contributed by atoms with Crippen molar-refractivity contribution in [2.45, 2.75) is 6.54 Å². The van der Waals surface area contributed by atoms with Crippen LogP contribution in [0, 0.1) is 0 Å². The molecule has 0 unspecified atom stereocenters. The zero-order valence-corrected chi connectivity index (χ0v) is 12.9. The van der Waals surface area contributed by atoms with Crippen LogP contribution in [-0.2, 0) is 16.6 Å². The molecule has 0 amide bonds. The Bertz CT molecular complexity index is 711. The van der Waals surface area contributed by atoms with Crippen LogP contribution in [0.25, 0.3) is 11.4 Å². The van der Waals surface area contributed by atoms with Gasteiger partial charge in [0, 0.05) is 20.2 Å². The lowest BCUT2D eigenvalue weighted by atomic mass is 10.3. The van der Waals surface area contributed by atoms with Gasteiger partial charge in [0.25, 0.3) is 0 Å². The van der Waals surface area contributed by atoms with Gasteiger partial charge in [-0.3, -0.25) is 4.68 Å². The molecule has 0 saturated heterocycles. The van der Waals surface area contributed by atoms with Gasteiger partial charge in [0.05, 0.1) is 31.3 Å². The highest BCUT2D eigenvalue weighted by Crippen LogP contribution is 2.16. The summed E-state index contributed by atoms with van der Waals surface area (Å²) in [5.74, 6) is 0.450. The molecule has 0 aliphatic carbocycles. The minimum Gasteiger partial charge on any atom is -0.481 e. The quantitative estimate of drug-likeness (QED) is 0.759. The minimum absolute atomic E-state index is 0.0334. The van der Waals surface area contributed by atoms with E-state index in [1.54, 1.807) is 24.4 Å². The molecule has 2 heterocycles. The Balaban J connectivity index is 2.11. The van der Waals surface area contributed by atoms with E-state index in [4.69, 9.17) is 4.74 Å². The maximum absolute atomic E-state index is 11.7. The third-order valence-electron chi connectivity index (χ3n) is 2.87. The van der Waals surface area contributed by atoms with Crippen molar-refractivity contribution in [2.24, 2.45) is 0 Å². The molecular weight excluding hydrogens is 294 g/mol. The van der Waals surface area contributed by atoms with Crippen molar-refractivity contribution in [3.63, 3.8) is 0 Å². The molecule has 9 heteroatoms. The van der Waals surface area contributed by atoms with Gasteiger partial charge in [0.15, 0.2) is 0 Å². The molecule has 0 radical (unpaired) electrons. The van der Waals surface area contributed by atoms with Crippen molar-refractivity contribution in [1.82, 2.24) is 24.3 Å². The highest BCUT2D eigenvalue weighted by atomic mass is 32.2. The van der Waals surface area contributed by atoms with E-state index in [1.807, 2.05) is 0 Å². The summed E-state index contributed by atoms with van der Waals surface area (Å²) in [5, 5.41) is 7.91. The normalized spacial score (nSPS) is 11.8. The van der Waals surface area contributed by atoms with Crippen molar-refractivity contribution in [1.29, 1.82) is 0 Å². The van der Waals surface area contributed by atoms with Gasteiger partial charge in [-0.25, -0.2) is 17.7 Å². The van der Waals surface area contributed by atoms with E-state index >= 15 is 0 Å². The fourth-order valence-corrected chi connectivity index (χ4v) is 2.37. The standard InChI is InChI=1S/C12H17N5O3S/c1-16(2)21(18,19)8-7-17-9-11(14-15-17)10-5-4-6-12(13-10)20-3/h4-6,9H,7-8H2,1-3H3. The Morgan fingerprint density at radius 2 is 2.05 bits per heavy atom. The number of sulfonamides is 1. The Kier molecular flexibility index (Phi) is 4.53. The monoisotopic (exact) mass is 311 g/mol. The molecule has 0 aliphatic heterocycles. The Morgan fingerprint density at radius 1 is 1.29 bits per heavy atom. The molecule has 2 aromatic heterocycles. The Hall–Kier alpha value is -2.00. The minimum atomic E-state index is -3.25. The Labute approximate surface area is 123 Å². The first-order chi connectivity index (χ1) is 9.92. The highest BCUT2D eigenvalue weighted by Gasteiger charge is 2.14. The molecule has 2 aromatic rings. The summed E-state index contributed by atoms with van der Waals surface area (Å²) in [6, 6.07) is 5.32. The number of pyridine rings is 1. The summed E-state index contributed by atoms with van der Waals surface area (Å²) in [5.41, 5.74) is 1.19. The van der Waals surface area contributed by atoms with E-state index in [0.29, 0.717) is 17.3 Å². The molecule has 0 bridgehead atoms. The number of ether oxygens (including phenoxy) is 1. The number of methoxy groups -OCH3 is 1. The smallest absolute Gasteiger partial charge is 0.215 e. The number of rotatable bonds is 6. The van der Waals surface area contributed by atoms with Gasteiger partial charge in [-0.2, -0.15) is 0 Å². The molecule has 0 fully saturated rings. The second-order valence-corrected chi connectivity index (χ2v) is 6.83. The van der Waals surface area contributed by atoms with Gasteiger partial charge in [0.1, 0.15) is 5.69 Å². The molecule has 114 valence electrons. The Morgan fingerprint density at radius 3 is 2.71 bits per heavy atom. The maximum atomic E-state index is 11.7. The van der Waals surface area contributed by atoms with E-state index in [2.05, 4.69) is 15.3 Å². The third kappa shape index (κ3) is 3.76. The summed E-state index contributed by atoms with van der Waals surface area (Å²) in [7, 11) is 1.29. The second kappa shape index (κ2) is 6.19. The van der Waals surface area contributed by atoms with Crippen LogP contribution in [0.3, 0.4) is 0 Å². The molecular formula is C12H17N5O3S. The molecule has 0 atom stereocenters. The van der Waals surface area contributed by atoms with Crippen LogP contribution in [0.1, 0.15) is 0 Å². The summed E-state index contributed by atoms with van der Waals surface area (Å²) in [4.78, 5) is 4.25. The first kappa shape index (κ1) is 15.4. The molecule has 0 spiro atoms. The summed E-state index contributed by atoms with van der Waals surface area (Å²) in [6.45, 7) is 0.234. The van der Waals surface area contributed by atoms with E-state index in [-0.39, 0.29) is 12.3 Å². The fourth-order valence-electron chi connectivity index (χ4n) is 1.59. The zero-order chi connectivity index (χ0) is 15.5. The van der Waals surface area contributed by atoms with Gasteiger partial charge in [0.2, 0.25) is 15.9 Å². The third-order valence-corrected chi connectivity index (χ3v) is 4.68. The van der Waals surface area contributed by atoms with E-state index in [1.165, 1.54) is 30.2 Å². The van der Waals surface area contributed by atoms with E-state index in [9.17, 15) is 8.42 Å². The van der Waals surface area contributed by atoms with Crippen LogP contribution in [0.15, 0.2) is 24.4 Å². The molecule has 21 heavy (non-hydrogen) atoms. The number of aromatic nitrogens is 4. The SMILES string of the molecule is COc1cccc(-c2cn(CCS(=O)(=O)N(C)C)nn2)n1. The molecule has 8 nitrogen and oxygen atoms in total. The van der Waals surface area contributed by atoms with Crippen molar-refractivity contribution >= 4 is 10.0 Å². The second-order valence-electron chi connectivity index (χ2n) is 4.53. The van der Waals surface area contributed by atoms with Gasteiger partial charge >= 0.3 is 0 Å². The summed E-state index contributed by atoms with van der Waals surface area (Å²) >= 11 is 0. The lowest BCUT2D eigenvalue weighted by Crippen LogP contribution is -2.27. The van der Waals surface area contributed by atoms with Crippen molar-refractivity contribution in [3.8, 4) is 17.3 Å². The van der Waals surface area contributed by atoms with E-state index in [0.717, 1.165) is 0 Å².